The quantitative estimate of drug-likeness (QED) is 0.0262. The normalized spacial score (nSPS) is 12.8. The molecule has 0 rings (SSSR count). The maximum Gasteiger partial charge on any atom is 0.306 e. The van der Waals surface area contributed by atoms with Gasteiger partial charge in [0.05, 0.1) is 0 Å². The summed E-state index contributed by atoms with van der Waals surface area (Å²) in [5, 5.41) is 0. The molecule has 0 fully saturated rings. The van der Waals surface area contributed by atoms with E-state index in [1.165, 1.54) is 141 Å². The van der Waals surface area contributed by atoms with E-state index in [9.17, 15) is 14.4 Å². The molecule has 0 saturated heterocycles. The average molecular weight is 974 g/mol. The fourth-order valence-corrected chi connectivity index (χ4v) is 7.93. The van der Waals surface area contributed by atoms with Crippen LogP contribution in [0.3, 0.4) is 0 Å². The first-order valence-electron chi connectivity index (χ1n) is 29.2. The van der Waals surface area contributed by atoms with Crippen LogP contribution in [0.2, 0.25) is 0 Å². The van der Waals surface area contributed by atoms with E-state index in [2.05, 4.69) is 112 Å². The Labute approximate surface area is 432 Å². The molecular weight excluding hydrogens is 865 g/mol. The monoisotopic (exact) mass is 973 g/mol. The number of ether oxygens (including phenoxy) is 3. The van der Waals surface area contributed by atoms with Crippen molar-refractivity contribution in [1.29, 1.82) is 0 Å². The van der Waals surface area contributed by atoms with Gasteiger partial charge in [-0.2, -0.15) is 0 Å². The molecule has 6 nitrogen and oxygen atoms in total. The largest absolute Gasteiger partial charge is 0.462 e. The van der Waals surface area contributed by atoms with Crippen molar-refractivity contribution >= 4 is 17.9 Å². The summed E-state index contributed by atoms with van der Waals surface area (Å²) in [6.45, 7) is 6.43. The first kappa shape index (κ1) is 66.3. The Kier molecular flexibility index (Phi) is 54.9. The Morgan fingerprint density at radius 1 is 0.300 bits per heavy atom. The molecule has 0 aromatic heterocycles. The third kappa shape index (κ3) is 55.3. The minimum absolute atomic E-state index is 0.105. The third-order valence-corrected chi connectivity index (χ3v) is 12.3. The number of hydrogen-bond donors (Lipinski definition) is 0. The van der Waals surface area contributed by atoms with Crippen molar-refractivity contribution in [3.63, 3.8) is 0 Å². The molecule has 0 spiro atoms. The van der Waals surface area contributed by atoms with Crippen LogP contribution in [0, 0.1) is 0 Å². The van der Waals surface area contributed by atoms with Crippen molar-refractivity contribution < 1.29 is 28.6 Å². The van der Waals surface area contributed by atoms with Crippen LogP contribution in [0.25, 0.3) is 0 Å². The number of carbonyl (C=O) groups excluding carboxylic acids is 3. The first-order valence-corrected chi connectivity index (χ1v) is 29.2. The molecule has 0 bridgehead atoms. The zero-order valence-electron chi connectivity index (χ0n) is 45.8. The molecule has 70 heavy (non-hydrogen) atoms. The predicted molar refractivity (Wildman–Crippen MR) is 302 cm³/mol. The summed E-state index contributed by atoms with van der Waals surface area (Å²) in [5.41, 5.74) is 0. The maximum absolute atomic E-state index is 12.9. The molecular formula is C64H108O6. The van der Waals surface area contributed by atoms with Gasteiger partial charge in [0.1, 0.15) is 13.2 Å². The van der Waals surface area contributed by atoms with E-state index in [-0.39, 0.29) is 37.5 Å². The summed E-state index contributed by atoms with van der Waals surface area (Å²) in [5.74, 6) is -0.999. The lowest BCUT2D eigenvalue weighted by molar-refractivity contribution is -0.166. The second-order valence-corrected chi connectivity index (χ2v) is 19.2. The van der Waals surface area contributed by atoms with E-state index >= 15 is 0 Å². The Balaban J connectivity index is 4.43. The van der Waals surface area contributed by atoms with Crippen LogP contribution in [-0.4, -0.2) is 37.2 Å². The van der Waals surface area contributed by atoms with Crippen LogP contribution >= 0.6 is 0 Å². The molecule has 0 N–H and O–H groups in total. The molecule has 1 unspecified atom stereocenters. The molecule has 0 aromatic carbocycles. The topological polar surface area (TPSA) is 78.9 Å². The minimum Gasteiger partial charge on any atom is -0.462 e. The number of hydrogen-bond acceptors (Lipinski definition) is 6. The molecule has 0 heterocycles. The molecule has 0 amide bonds. The molecule has 0 aliphatic heterocycles. The second-order valence-electron chi connectivity index (χ2n) is 19.2. The van der Waals surface area contributed by atoms with Crippen LogP contribution in [0.5, 0.6) is 0 Å². The van der Waals surface area contributed by atoms with E-state index in [1.54, 1.807) is 0 Å². The predicted octanol–water partition coefficient (Wildman–Crippen LogP) is 19.7. The Morgan fingerprint density at radius 3 is 0.971 bits per heavy atom. The van der Waals surface area contributed by atoms with Gasteiger partial charge in [0.2, 0.25) is 0 Å². The van der Waals surface area contributed by atoms with Crippen molar-refractivity contribution in [3.8, 4) is 0 Å². The van der Waals surface area contributed by atoms with Crippen LogP contribution in [0.1, 0.15) is 271 Å². The maximum atomic E-state index is 12.9. The molecule has 0 aromatic rings. The van der Waals surface area contributed by atoms with E-state index in [1.807, 2.05) is 6.08 Å². The number of carbonyl (C=O) groups is 3. The molecule has 0 aliphatic rings. The highest BCUT2D eigenvalue weighted by molar-refractivity contribution is 5.71. The molecule has 400 valence electrons. The zero-order chi connectivity index (χ0) is 50.7. The average Bonchev–Trinajstić information content (AvgIpc) is 3.36. The van der Waals surface area contributed by atoms with Crippen molar-refractivity contribution in [3.05, 3.63) is 97.2 Å². The molecule has 0 aliphatic carbocycles. The number of rotatable bonds is 52. The van der Waals surface area contributed by atoms with Crippen LogP contribution in [0.15, 0.2) is 97.2 Å². The van der Waals surface area contributed by atoms with Gasteiger partial charge in [-0.05, 0) is 109 Å². The Bertz CT molecular complexity index is 1400. The summed E-state index contributed by atoms with van der Waals surface area (Å²) >= 11 is 0. The standard InChI is InChI=1S/C64H108O6/c1-4-7-10-13-16-19-22-25-27-29-31-32-33-35-36-39-42-45-48-51-54-57-63(66)69-60-61(59-68-62(65)56-53-50-47-44-41-38-24-21-18-15-12-9-6-3)70-64(67)58-55-52-49-46-43-40-37-34-30-28-26-23-20-17-14-11-8-5-2/h9,12,18,20-23,25,28-31,38,41,47,50,61H,4-8,10-11,13-17,19,24,26-27,32-37,39-40,42-46,48-49,51-60H2,1-3H3/b12-9-,21-18-,23-20-,25-22-,30-28-,31-29-,41-38-,50-47-. The summed E-state index contributed by atoms with van der Waals surface area (Å²) < 4.78 is 16.8. The van der Waals surface area contributed by atoms with Crippen LogP contribution in [0.4, 0.5) is 0 Å². The number of allylic oxidation sites excluding steroid dienone is 16. The highest BCUT2D eigenvalue weighted by Gasteiger charge is 2.19. The molecule has 0 saturated carbocycles. The molecule has 1 atom stereocenters. The summed E-state index contributed by atoms with van der Waals surface area (Å²) in [6, 6.07) is 0. The fourth-order valence-electron chi connectivity index (χ4n) is 7.93. The van der Waals surface area contributed by atoms with E-state index in [4.69, 9.17) is 14.2 Å². The van der Waals surface area contributed by atoms with Gasteiger partial charge >= 0.3 is 17.9 Å². The van der Waals surface area contributed by atoms with Crippen molar-refractivity contribution in [2.24, 2.45) is 0 Å². The number of esters is 3. The number of unbranched alkanes of at least 4 members (excludes halogenated alkanes) is 25. The minimum atomic E-state index is -0.814. The smallest absolute Gasteiger partial charge is 0.306 e. The van der Waals surface area contributed by atoms with Crippen LogP contribution < -0.4 is 0 Å². The fraction of sp³-hybridized carbons (Fsp3) is 0.703. The Morgan fingerprint density at radius 2 is 0.586 bits per heavy atom. The first-order chi connectivity index (χ1) is 34.5. The van der Waals surface area contributed by atoms with E-state index < -0.39 is 6.10 Å². The van der Waals surface area contributed by atoms with Gasteiger partial charge in [0.25, 0.3) is 0 Å². The van der Waals surface area contributed by atoms with Gasteiger partial charge in [-0.3, -0.25) is 14.4 Å². The van der Waals surface area contributed by atoms with Crippen LogP contribution in [-0.2, 0) is 28.6 Å². The highest BCUT2D eigenvalue weighted by atomic mass is 16.6. The van der Waals surface area contributed by atoms with E-state index in [0.29, 0.717) is 19.3 Å². The zero-order valence-corrected chi connectivity index (χ0v) is 45.8. The third-order valence-electron chi connectivity index (χ3n) is 12.3. The van der Waals surface area contributed by atoms with E-state index in [0.717, 1.165) is 83.5 Å². The summed E-state index contributed by atoms with van der Waals surface area (Å²) in [4.78, 5) is 38.1. The lowest BCUT2D eigenvalue weighted by Crippen LogP contribution is -2.30. The highest BCUT2D eigenvalue weighted by Crippen LogP contribution is 2.15. The lowest BCUT2D eigenvalue weighted by Gasteiger charge is -2.18. The van der Waals surface area contributed by atoms with Gasteiger partial charge in [-0.15, -0.1) is 0 Å². The lowest BCUT2D eigenvalue weighted by atomic mass is 10.1. The van der Waals surface area contributed by atoms with Gasteiger partial charge in [0.15, 0.2) is 6.10 Å². The van der Waals surface area contributed by atoms with Crippen molar-refractivity contribution in [1.82, 2.24) is 0 Å². The summed E-state index contributed by atoms with van der Waals surface area (Å²) in [7, 11) is 0. The molecule has 6 heteroatoms. The van der Waals surface area contributed by atoms with Crippen molar-refractivity contribution in [2.75, 3.05) is 13.2 Å². The second kappa shape index (κ2) is 57.9. The van der Waals surface area contributed by atoms with Gasteiger partial charge in [0, 0.05) is 19.3 Å². The van der Waals surface area contributed by atoms with Gasteiger partial charge in [-0.1, -0.05) is 240 Å². The summed E-state index contributed by atoms with van der Waals surface area (Å²) in [6.07, 6.45) is 77.0. The van der Waals surface area contributed by atoms with Gasteiger partial charge in [-0.25, -0.2) is 0 Å². The van der Waals surface area contributed by atoms with Gasteiger partial charge < -0.3 is 14.2 Å². The van der Waals surface area contributed by atoms with Crippen molar-refractivity contribution in [2.45, 2.75) is 277 Å². The SMILES string of the molecule is CC/C=C\C/C=C\C/C=C\C/C=C\CCC(=O)OCC(COC(=O)CCCCCCCCCCC/C=C\C/C=C\CCCCCCC)OC(=O)CCCCCCCCC/C=C\C/C=C\CCCCCC. The molecule has 0 radical (unpaired) electrons. The Hall–Kier alpha value is -3.67.